The number of Topliss-reactive ketones (excluding diaryl/α,β-unsaturated/α-hetero) is 1. The molecule has 1 saturated heterocycles. The first-order valence-corrected chi connectivity index (χ1v) is 15.2. The minimum atomic E-state index is -3.61. The van der Waals surface area contributed by atoms with E-state index in [1.54, 1.807) is 0 Å². The Morgan fingerprint density at radius 2 is 1.76 bits per heavy atom. The summed E-state index contributed by atoms with van der Waals surface area (Å²) in [4.78, 5) is 15.5. The average Bonchev–Trinajstić information content (AvgIpc) is 3.15. The van der Waals surface area contributed by atoms with E-state index in [9.17, 15) is 18.3 Å². The number of ketones is 1. The van der Waals surface area contributed by atoms with Gasteiger partial charge in [0.2, 0.25) is 0 Å². The van der Waals surface area contributed by atoms with Gasteiger partial charge >= 0.3 is 0 Å². The quantitative estimate of drug-likeness (QED) is 0.584. The minimum absolute atomic E-state index is 0.0399. The van der Waals surface area contributed by atoms with Crippen molar-refractivity contribution < 1.29 is 27.2 Å². The normalized spacial score (nSPS) is 47.5. The van der Waals surface area contributed by atoms with Gasteiger partial charge in [0.05, 0.1) is 25.6 Å². The van der Waals surface area contributed by atoms with Crippen LogP contribution in [-0.4, -0.2) is 75.5 Å². The molecule has 5 aliphatic rings. The summed E-state index contributed by atoms with van der Waals surface area (Å²) in [6, 6.07) is 0.225. The summed E-state index contributed by atoms with van der Waals surface area (Å²) in [5.74, 6) is 2.22. The first-order valence-electron chi connectivity index (χ1n) is 13.4. The number of nitrogens with zero attached hydrogens (tertiary/aromatic N) is 1. The largest absolute Gasteiger partial charge is 0.391 e. The molecule has 5 rings (SSSR count). The molecule has 34 heavy (non-hydrogen) atoms. The van der Waals surface area contributed by atoms with E-state index in [4.69, 9.17) is 8.92 Å². The van der Waals surface area contributed by atoms with Gasteiger partial charge in [0.15, 0.2) is 5.78 Å². The van der Waals surface area contributed by atoms with Crippen molar-refractivity contribution in [3.63, 3.8) is 0 Å². The monoisotopic (exact) mass is 497 g/mol. The lowest BCUT2D eigenvalue weighted by Crippen LogP contribution is -2.60. The third kappa shape index (κ3) is 4.29. The molecule has 0 radical (unpaired) electrons. The van der Waals surface area contributed by atoms with E-state index in [0.29, 0.717) is 23.7 Å². The zero-order chi connectivity index (χ0) is 24.3. The Bertz CT molecular complexity index is 888. The SMILES string of the molecule is C[C@]12C[C@H](N3CCOCC3)[C@@H](O)C[C@@H]1CC[C@@H]1[C@@H]2CC[C@]2(C)[C@@H](C(=O)COS(C)(=O)=O)CC[C@@H]12. The molecule has 0 amide bonds. The second kappa shape index (κ2) is 9.09. The summed E-state index contributed by atoms with van der Waals surface area (Å²) in [7, 11) is -3.61. The second-order valence-corrected chi connectivity index (χ2v) is 14.1. The summed E-state index contributed by atoms with van der Waals surface area (Å²) >= 11 is 0. The highest BCUT2D eigenvalue weighted by Gasteiger charge is 2.62. The van der Waals surface area contributed by atoms with Crippen LogP contribution in [0, 0.1) is 40.4 Å². The topological polar surface area (TPSA) is 93.1 Å². The average molecular weight is 498 g/mol. The molecule has 1 N–H and O–H groups in total. The van der Waals surface area contributed by atoms with Crippen molar-refractivity contribution in [1.82, 2.24) is 4.90 Å². The molecule has 5 fully saturated rings. The van der Waals surface area contributed by atoms with E-state index in [-0.39, 0.29) is 41.3 Å². The molecule has 1 heterocycles. The Morgan fingerprint density at radius 1 is 1.06 bits per heavy atom. The van der Waals surface area contributed by atoms with Crippen LogP contribution in [0.5, 0.6) is 0 Å². The number of rotatable bonds is 5. The van der Waals surface area contributed by atoms with Crippen LogP contribution in [0.25, 0.3) is 0 Å². The van der Waals surface area contributed by atoms with E-state index in [1.165, 1.54) is 12.8 Å². The number of carbonyl (C=O) groups excluding carboxylic acids is 1. The summed E-state index contributed by atoms with van der Waals surface area (Å²) in [6.07, 6.45) is 9.18. The van der Waals surface area contributed by atoms with Gasteiger partial charge < -0.3 is 9.84 Å². The Morgan fingerprint density at radius 3 is 2.47 bits per heavy atom. The fraction of sp³-hybridized carbons (Fsp3) is 0.962. The molecule has 0 aromatic rings. The predicted octanol–water partition coefficient (Wildman–Crippen LogP) is 2.86. The van der Waals surface area contributed by atoms with Gasteiger partial charge in [0.25, 0.3) is 10.1 Å². The number of morpholine rings is 1. The van der Waals surface area contributed by atoms with Gasteiger partial charge in [-0.2, -0.15) is 8.42 Å². The third-order valence-corrected chi connectivity index (χ3v) is 11.5. The number of ether oxygens (including phenoxy) is 1. The van der Waals surface area contributed by atoms with Crippen LogP contribution in [0.3, 0.4) is 0 Å². The number of aliphatic hydroxyl groups is 1. The fourth-order valence-corrected chi connectivity index (χ4v) is 9.68. The number of hydrogen-bond donors (Lipinski definition) is 1. The molecule has 0 aromatic heterocycles. The zero-order valence-electron chi connectivity index (χ0n) is 21.1. The van der Waals surface area contributed by atoms with Crippen molar-refractivity contribution in [1.29, 1.82) is 0 Å². The van der Waals surface area contributed by atoms with Crippen LogP contribution in [0.2, 0.25) is 0 Å². The summed E-state index contributed by atoms with van der Waals surface area (Å²) < 4.78 is 33.3. The molecule has 0 unspecified atom stereocenters. The molecule has 0 bridgehead atoms. The maximum absolute atomic E-state index is 13.0. The molecule has 8 heteroatoms. The zero-order valence-corrected chi connectivity index (χ0v) is 21.9. The molecule has 4 saturated carbocycles. The van der Waals surface area contributed by atoms with E-state index in [2.05, 4.69) is 18.7 Å². The Labute approximate surface area is 205 Å². The highest BCUT2D eigenvalue weighted by Crippen LogP contribution is 2.67. The van der Waals surface area contributed by atoms with Gasteiger partial charge in [0, 0.05) is 25.0 Å². The molecule has 0 spiro atoms. The van der Waals surface area contributed by atoms with Gasteiger partial charge in [-0.25, -0.2) is 0 Å². The minimum Gasteiger partial charge on any atom is -0.391 e. The van der Waals surface area contributed by atoms with Crippen LogP contribution in [-0.2, 0) is 23.8 Å². The second-order valence-electron chi connectivity index (χ2n) is 12.5. The number of fused-ring (bicyclic) bond motifs is 5. The lowest BCUT2D eigenvalue weighted by Gasteiger charge is -2.62. The van der Waals surface area contributed by atoms with Crippen LogP contribution >= 0.6 is 0 Å². The van der Waals surface area contributed by atoms with Crippen LogP contribution < -0.4 is 0 Å². The maximum Gasteiger partial charge on any atom is 0.264 e. The van der Waals surface area contributed by atoms with E-state index in [0.717, 1.165) is 71.1 Å². The third-order valence-electron chi connectivity index (χ3n) is 11.0. The van der Waals surface area contributed by atoms with Crippen molar-refractivity contribution in [2.24, 2.45) is 40.4 Å². The smallest absolute Gasteiger partial charge is 0.264 e. The Hall–Kier alpha value is -0.540. The summed E-state index contributed by atoms with van der Waals surface area (Å²) in [5.41, 5.74) is 0.175. The first kappa shape index (κ1) is 25.1. The van der Waals surface area contributed by atoms with Crippen molar-refractivity contribution in [2.45, 2.75) is 77.4 Å². The van der Waals surface area contributed by atoms with Crippen molar-refractivity contribution >= 4 is 15.9 Å². The van der Waals surface area contributed by atoms with Gasteiger partial charge in [-0.1, -0.05) is 13.8 Å². The highest BCUT2D eigenvalue weighted by atomic mass is 32.2. The van der Waals surface area contributed by atoms with Gasteiger partial charge in [0.1, 0.15) is 6.61 Å². The fourth-order valence-electron chi connectivity index (χ4n) is 9.35. The molecule has 0 aromatic carbocycles. The molecule has 9 atom stereocenters. The van der Waals surface area contributed by atoms with Gasteiger partial charge in [-0.05, 0) is 85.9 Å². The van der Waals surface area contributed by atoms with Gasteiger partial charge in [-0.15, -0.1) is 0 Å². The number of hydrogen-bond acceptors (Lipinski definition) is 7. The number of aliphatic hydroxyl groups excluding tert-OH is 1. The molecule has 1 aliphatic heterocycles. The van der Waals surface area contributed by atoms with Crippen molar-refractivity contribution in [2.75, 3.05) is 39.2 Å². The molecule has 194 valence electrons. The Balaban J connectivity index is 1.33. The van der Waals surface area contributed by atoms with E-state index < -0.39 is 10.1 Å². The molecule has 4 aliphatic carbocycles. The van der Waals surface area contributed by atoms with Crippen molar-refractivity contribution in [3.8, 4) is 0 Å². The van der Waals surface area contributed by atoms with Crippen LogP contribution in [0.15, 0.2) is 0 Å². The lowest BCUT2D eigenvalue weighted by atomic mass is 9.44. The highest BCUT2D eigenvalue weighted by molar-refractivity contribution is 7.86. The summed E-state index contributed by atoms with van der Waals surface area (Å²) in [5, 5.41) is 11.1. The predicted molar refractivity (Wildman–Crippen MR) is 129 cm³/mol. The number of carbonyl (C=O) groups is 1. The van der Waals surface area contributed by atoms with Crippen LogP contribution in [0.1, 0.15) is 65.2 Å². The molecular weight excluding hydrogens is 454 g/mol. The van der Waals surface area contributed by atoms with Gasteiger partial charge in [-0.3, -0.25) is 13.9 Å². The molecule has 7 nitrogen and oxygen atoms in total. The van der Waals surface area contributed by atoms with E-state index >= 15 is 0 Å². The lowest BCUT2D eigenvalue weighted by molar-refractivity contribution is -0.157. The van der Waals surface area contributed by atoms with E-state index in [1.807, 2.05) is 0 Å². The maximum atomic E-state index is 13.0. The summed E-state index contributed by atoms with van der Waals surface area (Å²) in [6.45, 7) is 7.82. The molecular formula is C26H43NO6S. The standard InChI is InChI=1S/C26H43NO6S/c1-25-9-8-20-18(19(25)6-7-21(25)24(29)16-33-34(3,30)31)5-4-17-14-23(28)22(15-26(17,20)2)27-10-12-32-13-11-27/h17-23,28H,4-16H2,1-3H3/t17-,18-,19-,20-,21+,22-,23-,25-,26-/m0/s1. The Kier molecular flexibility index (Phi) is 6.71. The van der Waals surface area contributed by atoms with Crippen molar-refractivity contribution in [3.05, 3.63) is 0 Å². The first-order chi connectivity index (χ1) is 16.0. The van der Waals surface area contributed by atoms with Crippen LogP contribution in [0.4, 0.5) is 0 Å².